The van der Waals surface area contributed by atoms with Gasteiger partial charge in [0.05, 0.1) is 0 Å². The third-order valence-corrected chi connectivity index (χ3v) is 2.74. The van der Waals surface area contributed by atoms with Gasteiger partial charge in [-0.3, -0.25) is 5.10 Å². The van der Waals surface area contributed by atoms with Crippen LogP contribution in [0.25, 0.3) is 0 Å². The number of nitrogens with zero attached hydrogens (tertiary/aromatic N) is 1. The van der Waals surface area contributed by atoms with Crippen LogP contribution in [0, 0.1) is 0 Å². The van der Waals surface area contributed by atoms with Crippen LogP contribution in [-0.2, 0) is 0 Å². The van der Waals surface area contributed by atoms with Crippen molar-refractivity contribution in [3.8, 4) is 0 Å². The van der Waals surface area contributed by atoms with Gasteiger partial charge in [0.1, 0.15) is 0 Å². The Bertz CT molecular complexity index is 230. The van der Waals surface area contributed by atoms with E-state index in [1.54, 1.807) is 6.20 Å². The smallest absolute Gasteiger partial charge is 0.0490 e. The minimum atomic E-state index is 0.333. The standard InChI is InChI=1S/C9H15N3/c10-8-4-2-1-3-7(8)9-5-6-11-12-9/h5-8H,1-4,10H2,(H,11,12). The van der Waals surface area contributed by atoms with Crippen molar-refractivity contribution in [3.63, 3.8) is 0 Å². The molecule has 2 rings (SSSR count). The summed E-state index contributed by atoms with van der Waals surface area (Å²) < 4.78 is 0. The molecule has 3 N–H and O–H groups in total. The molecule has 12 heavy (non-hydrogen) atoms. The van der Waals surface area contributed by atoms with Gasteiger partial charge in [-0.1, -0.05) is 12.8 Å². The molecule has 0 saturated heterocycles. The number of rotatable bonds is 1. The molecule has 1 aromatic rings. The second-order valence-electron chi connectivity index (χ2n) is 3.57. The van der Waals surface area contributed by atoms with Crippen molar-refractivity contribution in [2.45, 2.75) is 37.6 Å². The van der Waals surface area contributed by atoms with Crippen molar-refractivity contribution >= 4 is 0 Å². The average Bonchev–Trinajstić information content (AvgIpc) is 2.57. The molecule has 0 aliphatic heterocycles. The number of nitrogens with one attached hydrogen (secondary N) is 1. The summed E-state index contributed by atoms with van der Waals surface area (Å²) in [4.78, 5) is 0. The van der Waals surface area contributed by atoms with Gasteiger partial charge in [0.2, 0.25) is 0 Å². The van der Waals surface area contributed by atoms with Crippen LogP contribution in [0.4, 0.5) is 0 Å². The van der Waals surface area contributed by atoms with Crippen molar-refractivity contribution in [1.82, 2.24) is 10.2 Å². The van der Waals surface area contributed by atoms with Crippen LogP contribution in [0.5, 0.6) is 0 Å². The molecule has 1 fully saturated rings. The Hall–Kier alpha value is -0.830. The third-order valence-electron chi connectivity index (χ3n) is 2.74. The number of nitrogens with two attached hydrogens (primary N) is 1. The fourth-order valence-electron chi connectivity index (χ4n) is 2.02. The maximum absolute atomic E-state index is 6.02. The van der Waals surface area contributed by atoms with Crippen LogP contribution in [-0.4, -0.2) is 16.2 Å². The van der Waals surface area contributed by atoms with E-state index >= 15 is 0 Å². The van der Waals surface area contributed by atoms with Crippen LogP contribution < -0.4 is 5.73 Å². The van der Waals surface area contributed by atoms with E-state index in [2.05, 4.69) is 10.2 Å². The summed E-state index contributed by atoms with van der Waals surface area (Å²) in [6, 6.07) is 2.37. The largest absolute Gasteiger partial charge is 0.327 e. The van der Waals surface area contributed by atoms with Gasteiger partial charge in [0.25, 0.3) is 0 Å². The molecule has 1 heterocycles. The molecule has 3 nitrogen and oxygen atoms in total. The van der Waals surface area contributed by atoms with Crippen LogP contribution in [0.1, 0.15) is 37.3 Å². The molecule has 1 aliphatic carbocycles. The lowest BCUT2D eigenvalue weighted by molar-refractivity contribution is 0.379. The summed E-state index contributed by atoms with van der Waals surface area (Å²) in [7, 11) is 0. The Kier molecular flexibility index (Phi) is 2.13. The third kappa shape index (κ3) is 1.37. The molecule has 3 heteroatoms. The van der Waals surface area contributed by atoms with Crippen LogP contribution in [0.2, 0.25) is 0 Å². The van der Waals surface area contributed by atoms with Crippen LogP contribution in [0.15, 0.2) is 12.3 Å². The summed E-state index contributed by atoms with van der Waals surface area (Å²) in [6.07, 6.45) is 6.76. The number of hydrogen-bond acceptors (Lipinski definition) is 2. The van der Waals surface area contributed by atoms with Gasteiger partial charge in [-0.2, -0.15) is 5.10 Å². The molecule has 1 saturated carbocycles. The Morgan fingerprint density at radius 2 is 2.25 bits per heavy atom. The molecule has 0 spiro atoms. The summed E-state index contributed by atoms with van der Waals surface area (Å²) in [5.74, 6) is 0.515. The molecule has 0 radical (unpaired) electrons. The SMILES string of the molecule is NC1CCCCC1c1ccn[nH]1. The summed E-state index contributed by atoms with van der Waals surface area (Å²) in [5.41, 5.74) is 7.23. The monoisotopic (exact) mass is 165 g/mol. The zero-order valence-electron chi connectivity index (χ0n) is 7.16. The highest BCUT2D eigenvalue weighted by molar-refractivity contribution is 5.09. The number of aromatic amines is 1. The van der Waals surface area contributed by atoms with Crippen LogP contribution in [0.3, 0.4) is 0 Å². The van der Waals surface area contributed by atoms with Gasteiger partial charge in [-0.15, -0.1) is 0 Å². The van der Waals surface area contributed by atoms with Gasteiger partial charge < -0.3 is 5.73 Å². The summed E-state index contributed by atoms with van der Waals surface area (Å²) in [5, 5.41) is 6.96. The second-order valence-corrected chi connectivity index (χ2v) is 3.57. The van der Waals surface area contributed by atoms with Crippen molar-refractivity contribution in [2.24, 2.45) is 5.73 Å². The van der Waals surface area contributed by atoms with Gasteiger partial charge in [-0.25, -0.2) is 0 Å². The Labute approximate surface area is 72.4 Å². The maximum Gasteiger partial charge on any atom is 0.0490 e. The van der Waals surface area contributed by atoms with E-state index in [1.165, 1.54) is 25.0 Å². The van der Waals surface area contributed by atoms with Gasteiger partial charge in [0.15, 0.2) is 0 Å². The Morgan fingerprint density at radius 3 is 2.92 bits per heavy atom. The van der Waals surface area contributed by atoms with Gasteiger partial charge >= 0.3 is 0 Å². The van der Waals surface area contributed by atoms with Crippen molar-refractivity contribution in [1.29, 1.82) is 0 Å². The zero-order valence-corrected chi connectivity index (χ0v) is 7.16. The minimum Gasteiger partial charge on any atom is -0.327 e. The van der Waals surface area contributed by atoms with E-state index in [0.717, 1.165) is 6.42 Å². The lowest BCUT2D eigenvalue weighted by atomic mass is 9.83. The predicted molar refractivity (Wildman–Crippen MR) is 47.8 cm³/mol. The fraction of sp³-hybridized carbons (Fsp3) is 0.667. The number of aromatic nitrogens is 2. The first-order chi connectivity index (χ1) is 5.88. The van der Waals surface area contributed by atoms with E-state index in [-0.39, 0.29) is 0 Å². The van der Waals surface area contributed by atoms with Gasteiger partial charge in [0, 0.05) is 23.9 Å². The molecule has 66 valence electrons. The molecule has 0 amide bonds. The summed E-state index contributed by atoms with van der Waals surface area (Å²) >= 11 is 0. The highest BCUT2D eigenvalue weighted by atomic mass is 15.1. The zero-order chi connectivity index (χ0) is 8.39. The fourth-order valence-corrected chi connectivity index (χ4v) is 2.02. The first kappa shape index (κ1) is 7.80. The molecule has 0 aromatic carbocycles. The lowest BCUT2D eigenvalue weighted by Crippen LogP contribution is -2.31. The van der Waals surface area contributed by atoms with Gasteiger partial charge in [-0.05, 0) is 18.9 Å². The minimum absolute atomic E-state index is 0.333. The van der Waals surface area contributed by atoms with E-state index in [0.29, 0.717) is 12.0 Å². The van der Waals surface area contributed by atoms with Crippen molar-refractivity contribution < 1.29 is 0 Å². The lowest BCUT2D eigenvalue weighted by Gasteiger charge is -2.27. The number of H-pyrrole nitrogens is 1. The van der Waals surface area contributed by atoms with Crippen molar-refractivity contribution in [3.05, 3.63) is 18.0 Å². The van der Waals surface area contributed by atoms with Crippen LogP contribution >= 0.6 is 0 Å². The Morgan fingerprint density at radius 1 is 1.42 bits per heavy atom. The quantitative estimate of drug-likeness (QED) is 0.660. The molecule has 2 unspecified atom stereocenters. The second kappa shape index (κ2) is 3.27. The molecule has 2 atom stereocenters. The maximum atomic E-state index is 6.02. The number of hydrogen-bond donors (Lipinski definition) is 2. The van der Waals surface area contributed by atoms with E-state index in [4.69, 9.17) is 5.73 Å². The molecular weight excluding hydrogens is 150 g/mol. The molecular formula is C9H15N3. The highest BCUT2D eigenvalue weighted by Gasteiger charge is 2.23. The van der Waals surface area contributed by atoms with E-state index in [9.17, 15) is 0 Å². The molecule has 1 aliphatic rings. The topological polar surface area (TPSA) is 54.7 Å². The predicted octanol–water partition coefficient (Wildman–Crippen LogP) is 1.39. The average molecular weight is 165 g/mol. The highest BCUT2D eigenvalue weighted by Crippen LogP contribution is 2.30. The first-order valence-electron chi connectivity index (χ1n) is 4.63. The van der Waals surface area contributed by atoms with E-state index < -0.39 is 0 Å². The van der Waals surface area contributed by atoms with E-state index in [1.807, 2.05) is 6.07 Å². The Balaban J connectivity index is 2.11. The van der Waals surface area contributed by atoms with Crippen molar-refractivity contribution in [2.75, 3.05) is 0 Å². The molecule has 0 bridgehead atoms. The molecule has 1 aromatic heterocycles. The summed E-state index contributed by atoms with van der Waals surface area (Å²) in [6.45, 7) is 0. The normalized spacial score (nSPS) is 30.4. The first-order valence-corrected chi connectivity index (χ1v) is 4.63.